The van der Waals surface area contributed by atoms with Gasteiger partial charge in [-0.3, -0.25) is 19.2 Å². The molecule has 0 radical (unpaired) electrons. The lowest BCUT2D eigenvalue weighted by Crippen LogP contribution is -2.29. The van der Waals surface area contributed by atoms with Gasteiger partial charge >= 0.3 is 5.97 Å². The SMILES string of the molecule is O=C(O)Cc1ccc(NC(=O)c2cc3c([nH]c2=O)C[C@H](c2ccccc2)CC3=O)cc1. The minimum atomic E-state index is -0.948. The highest BCUT2D eigenvalue weighted by Gasteiger charge is 2.28. The lowest BCUT2D eigenvalue weighted by molar-refractivity contribution is -0.136. The van der Waals surface area contributed by atoms with E-state index in [2.05, 4.69) is 10.3 Å². The highest BCUT2D eigenvalue weighted by molar-refractivity contribution is 6.06. The normalized spacial score (nSPS) is 15.2. The quantitative estimate of drug-likeness (QED) is 0.591. The smallest absolute Gasteiger partial charge is 0.307 e. The van der Waals surface area contributed by atoms with E-state index in [1.54, 1.807) is 24.3 Å². The number of rotatable bonds is 5. The summed E-state index contributed by atoms with van der Waals surface area (Å²) in [5.41, 5.74) is 2.27. The number of carbonyl (C=O) groups is 3. The first kappa shape index (κ1) is 20.3. The van der Waals surface area contributed by atoms with Crippen molar-refractivity contribution in [2.45, 2.75) is 25.2 Å². The summed E-state index contributed by atoms with van der Waals surface area (Å²) in [6.45, 7) is 0. The first-order valence-electron chi connectivity index (χ1n) is 9.87. The van der Waals surface area contributed by atoms with Crippen molar-refractivity contribution in [3.05, 3.63) is 99.0 Å². The van der Waals surface area contributed by atoms with E-state index < -0.39 is 17.4 Å². The molecule has 0 fully saturated rings. The topological polar surface area (TPSA) is 116 Å². The van der Waals surface area contributed by atoms with Gasteiger partial charge in [0.05, 0.1) is 6.42 Å². The number of carboxylic acids is 1. The van der Waals surface area contributed by atoms with Crippen molar-refractivity contribution < 1.29 is 19.5 Å². The van der Waals surface area contributed by atoms with Gasteiger partial charge in [0.2, 0.25) is 0 Å². The Labute approximate surface area is 177 Å². The molecule has 7 nitrogen and oxygen atoms in total. The highest BCUT2D eigenvalue weighted by Crippen LogP contribution is 2.31. The molecular formula is C24H20N2O5. The Hall–Kier alpha value is -4.00. The van der Waals surface area contributed by atoms with Gasteiger partial charge in [0, 0.05) is 23.4 Å². The van der Waals surface area contributed by atoms with E-state index >= 15 is 0 Å². The number of aromatic nitrogens is 1. The van der Waals surface area contributed by atoms with Gasteiger partial charge in [0.25, 0.3) is 11.5 Å². The number of carboxylic acid groups (broad SMARTS) is 1. The number of hydrogen-bond acceptors (Lipinski definition) is 4. The Morgan fingerprint density at radius 1 is 1.00 bits per heavy atom. The van der Waals surface area contributed by atoms with E-state index in [0.29, 0.717) is 35.3 Å². The number of fused-ring (bicyclic) bond motifs is 1. The molecule has 0 saturated heterocycles. The molecule has 0 saturated carbocycles. The minimum absolute atomic E-state index is 0.0131. The van der Waals surface area contributed by atoms with E-state index in [0.717, 1.165) is 5.56 Å². The second kappa shape index (κ2) is 8.39. The number of benzene rings is 2. The number of H-pyrrole nitrogens is 1. The summed E-state index contributed by atoms with van der Waals surface area (Å²) in [6, 6.07) is 17.4. The minimum Gasteiger partial charge on any atom is -0.481 e. The second-order valence-electron chi connectivity index (χ2n) is 7.56. The Kier molecular flexibility index (Phi) is 5.49. The van der Waals surface area contributed by atoms with Crippen LogP contribution in [0.4, 0.5) is 5.69 Å². The molecule has 1 aliphatic carbocycles. The summed E-state index contributed by atoms with van der Waals surface area (Å²) in [5, 5.41) is 11.4. The standard InChI is InChI=1S/C24H20N2O5/c27-21-12-16(15-4-2-1-3-5-15)11-20-18(21)13-19(24(31)26-20)23(30)25-17-8-6-14(7-9-17)10-22(28)29/h1-9,13,16H,10-12H2,(H,25,30)(H,26,31)(H,28,29)/t16-/m0/s1. The monoisotopic (exact) mass is 416 g/mol. The molecule has 0 unspecified atom stereocenters. The van der Waals surface area contributed by atoms with Crippen LogP contribution in [0, 0.1) is 0 Å². The molecule has 1 atom stereocenters. The molecule has 31 heavy (non-hydrogen) atoms. The van der Waals surface area contributed by atoms with Crippen LogP contribution >= 0.6 is 0 Å². The number of amides is 1. The molecule has 0 spiro atoms. The summed E-state index contributed by atoms with van der Waals surface area (Å²) < 4.78 is 0. The third-order valence-corrected chi connectivity index (χ3v) is 5.39. The number of hydrogen-bond donors (Lipinski definition) is 3. The summed E-state index contributed by atoms with van der Waals surface area (Å²) >= 11 is 0. The van der Waals surface area contributed by atoms with Crippen molar-refractivity contribution in [3.63, 3.8) is 0 Å². The lowest BCUT2D eigenvalue weighted by atomic mass is 9.81. The fourth-order valence-electron chi connectivity index (χ4n) is 3.84. The van der Waals surface area contributed by atoms with E-state index in [-0.39, 0.29) is 23.7 Å². The van der Waals surface area contributed by atoms with Crippen LogP contribution in [0.3, 0.4) is 0 Å². The van der Waals surface area contributed by atoms with E-state index in [4.69, 9.17) is 5.11 Å². The molecule has 1 aliphatic rings. The fraction of sp³-hybridized carbons (Fsp3) is 0.167. The van der Waals surface area contributed by atoms with Crippen LogP contribution in [0.2, 0.25) is 0 Å². The van der Waals surface area contributed by atoms with Crippen molar-refractivity contribution in [3.8, 4) is 0 Å². The molecule has 1 aromatic heterocycles. The Morgan fingerprint density at radius 3 is 2.39 bits per heavy atom. The van der Waals surface area contributed by atoms with Crippen LogP contribution in [0.1, 0.15) is 49.9 Å². The van der Waals surface area contributed by atoms with Crippen LogP contribution in [-0.2, 0) is 17.6 Å². The number of Topliss-reactive ketones (excluding diaryl/α,β-unsaturated/α-hetero) is 1. The van der Waals surface area contributed by atoms with Crippen LogP contribution < -0.4 is 10.9 Å². The molecule has 2 aromatic carbocycles. The van der Waals surface area contributed by atoms with Crippen molar-refractivity contribution in [1.82, 2.24) is 4.98 Å². The van der Waals surface area contributed by atoms with Crippen LogP contribution in [0.15, 0.2) is 65.5 Å². The molecule has 3 aromatic rings. The summed E-state index contributed by atoms with van der Waals surface area (Å²) in [5.74, 6) is -1.70. The van der Waals surface area contributed by atoms with Gasteiger partial charge in [-0.2, -0.15) is 0 Å². The number of anilines is 1. The number of carbonyl (C=O) groups excluding carboxylic acids is 2. The molecule has 1 heterocycles. The maximum Gasteiger partial charge on any atom is 0.307 e. The molecule has 0 aliphatic heterocycles. The molecule has 0 bridgehead atoms. The highest BCUT2D eigenvalue weighted by atomic mass is 16.4. The second-order valence-corrected chi connectivity index (χ2v) is 7.56. The third-order valence-electron chi connectivity index (χ3n) is 5.39. The molecule has 156 valence electrons. The van der Waals surface area contributed by atoms with Crippen LogP contribution in [0.5, 0.6) is 0 Å². The van der Waals surface area contributed by atoms with Crippen LogP contribution in [-0.4, -0.2) is 27.8 Å². The van der Waals surface area contributed by atoms with Crippen molar-refractivity contribution in [2.75, 3.05) is 5.32 Å². The Balaban J connectivity index is 1.55. The predicted molar refractivity (Wildman–Crippen MR) is 115 cm³/mol. The van der Waals surface area contributed by atoms with Crippen LogP contribution in [0.25, 0.3) is 0 Å². The van der Waals surface area contributed by atoms with Gasteiger partial charge in [-0.15, -0.1) is 0 Å². The summed E-state index contributed by atoms with van der Waals surface area (Å²) in [7, 11) is 0. The fourth-order valence-corrected chi connectivity index (χ4v) is 3.84. The average Bonchev–Trinajstić information content (AvgIpc) is 2.74. The number of ketones is 1. The molecule has 7 heteroatoms. The zero-order chi connectivity index (χ0) is 22.0. The molecule has 4 rings (SSSR count). The van der Waals surface area contributed by atoms with Gasteiger partial charge in [0.15, 0.2) is 5.78 Å². The zero-order valence-corrected chi connectivity index (χ0v) is 16.6. The number of aliphatic carboxylic acids is 1. The first-order valence-corrected chi connectivity index (χ1v) is 9.87. The van der Waals surface area contributed by atoms with Gasteiger partial charge in [-0.25, -0.2) is 0 Å². The largest absolute Gasteiger partial charge is 0.481 e. The molecule has 1 amide bonds. The first-order chi connectivity index (χ1) is 14.9. The number of aromatic amines is 1. The zero-order valence-electron chi connectivity index (χ0n) is 16.6. The number of pyridine rings is 1. The maximum absolute atomic E-state index is 12.7. The summed E-state index contributed by atoms with van der Waals surface area (Å²) in [6.07, 6.45) is 0.716. The van der Waals surface area contributed by atoms with Crippen molar-refractivity contribution in [2.24, 2.45) is 0 Å². The maximum atomic E-state index is 12.7. The van der Waals surface area contributed by atoms with E-state index in [1.807, 2.05) is 30.3 Å². The third kappa shape index (κ3) is 4.45. The van der Waals surface area contributed by atoms with E-state index in [1.165, 1.54) is 6.07 Å². The Bertz CT molecular complexity index is 1210. The van der Waals surface area contributed by atoms with Gasteiger partial charge in [-0.1, -0.05) is 42.5 Å². The van der Waals surface area contributed by atoms with Gasteiger partial charge in [-0.05, 0) is 41.7 Å². The van der Waals surface area contributed by atoms with Gasteiger partial charge in [0.1, 0.15) is 5.56 Å². The number of nitrogens with one attached hydrogen (secondary N) is 2. The predicted octanol–water partition coefficient (Wildman–Crippen LogP) is 3.17. The van der Waals surface area contributed by atoms with E-state index in [9.17, 15) is 19.2 Å². The Morgan fingerprint density at radius 2 is 1.71 bits per heavy atom. The molecular weight excluding hydrogens is 396 g/mol. The van der Waals surface area contributed by atoms with Gasteiger partial charge < -0.3 is 15.4 Å². The molecule has 3 N–H and O–H groups in total. The van der Waals surface area contributed by atoms with Crippen molar-refractivity contribution in [1.29, 1.82) is 0 Å². The lowest BCUT2D eigenvalue weighted by Gasteiger charge is -2.24. The van der Waals surface area contributed by atoms with Crippen molar-refractivity contribution >= 4 is 23.3 Å². The average molecular weight is 416 g/mol. The summed E-state index contributed by atoms with van der Waals surface area (Å²) in [4.78, 5) is 51.4.